The molecule has 1 aromatic heterocycles. The molecule has 1 aliphatic rings. The van der Waals surface area contributed by atoms with Crippen molar-refractivity contribution >= 4 is 10.9 Å². The molecular formula is C16H24N4O. The Kier molecular flexibility index (Phi) is 4.24. The molecule has 0 amide bonds. The first kappa shape index (κ1) is 14.5. The van der Waals surface area contributed by atoms with Crippen molar-refractivity contribution in [2.75, 3.05) is 26.2 Å². The second kappa shape index (κ2) is 6.13. The third-order valence-corrected chi connectivity index (χ3v) is 4.37. The van der Waals surface area contributed by atoms with Gasteiger partial charge in [0.2, 0.25) is 0 Å². The summed E-state index contributed by atoms with van der Waals surface area (Å²) in [6.07, 6.45) is 0.850. The summed E-state index contributed by atoms with van der Waals surface area (Å²) >= 11 is 0. The summed E-state index contributed by atoms with van der Waals surface area (Å²) in [7, 11) is 1.98. The number of ether oxygens (including phenoxy) is 1. The third-order valence-electron chi connectivity index (χ3n) is 4.37. The molecule has 2 N–H and O–H groups in total. The van der Waals surface area contributed by atoms with Crippen LogP contribution in [0.2, 0.25) is 0 Å². The molecule has 1 aromatic carbocycles. The number of morpholine rings is 1. The van der Waals surface area contributed by atoms with Crippen molar-refractivity contribution in [2.24, 2.45) is 12.8 Å². The van der Waals surface area contributed by atoms with E-state index in [-0.39, 0.29) is 12.1 Å². The first-order valence-corrected chi connectivity index (χ1v) is 7.69. The van der Waals surface area contributed by atoms with E-state index in [1.807, 2.05) is 17.8 Å². The van der Waals surface area contributed by atoms with Gasteiger partial charge < -0.3 is 10.5 Å². The number of benzene rings is 1. The lowest BCUT2D eigenvalue weighted by Crippen LogP contribution is -2.51. The van der Waals surface area contributed by atoms with Gasteiger partial charge >= 0.3 is 0 Å². The summed E-state index contributed by atoms with van der Waals surface area (Å²) < 4.78 is 7.79. The average Bonchev–Trinajstić information content (AvgIpc) is 2.84. The van der Waals surface area contributed by atoms with Crippen LogP contribution in [-0.4, -0.2) is 53.1 Å². The summed E-state index contributed by atoms with van der Waals surface area (Å²) in [5, 5.41) is 5.82. The fourth-order valence-corrected chi connectivity index (χ4v) is 3.07. The van der Waals surface area contributed by atoms with Gasteiger partial charge in [-0.05, 0) is 12.6 Å². The fraction of sp³-hybridized carbons (Fsp3) is 0.562. The number of para-hydroxylation sites is 1. The van der Waals surface area contributed by atoms with E-state index in [1.54, 1.807) is 0 Å². The molecule has 2 heterocycles. The minimum atomic E-state index is -0.0161. The van der Waals surface area contributed by atoms with Gasteiger partial charge in [-0.2, -0.15) is 5.10 Å². The average molecular weight is 288 g/mol. The molecule has 114 valence electrons. The monoisotopic (exact) mass is 288 g/mol. The van der Waals surface area contributed by atoms with Crippen LogP contribution in [0.4, 0.5) is 0 Å². The van der Waals surface area contributed by atoms with Gasteiger partial charge in [-0.15, -0.1) is 0 Å². The lowest BCUT2D eigenvalue weighted by Gasteiger charge is -2.35. The number of fused-ring (bicyclic) bond motifs is 1. The smallest absolute Gasteiger partial charge is 0.0857 e. The van der Waals surface area contributed by atoms with Crippen molar-refractivity contribution in [1.82, 2.24) is 14.7 Å². The van der Waals surface area contributed by atoms with Crippen LogP contribution >= 0.6 is 0 Å². The number of nitrogens with zero attached hydrogens (tertiary/aromatic N) is 3. The quantitative estimate of drug-likeness (QED) is 0.917. The molecule has 5 nitrogen and oxygen atoms in total. The van der Waals surface area contributed by atoms with E-state index < -0.39 is 0 Å². The minimum absolute atomic E-state index is 0.0161. The van der Waals surface area contributed by atoms with Crippen LogP contribution in [0.15, 0.2) is 24.3 Å². The van der Waals surface area contributed by atoms with E-state index in [9.17, 15) is 0 Å². The highest BCUT2D eigenvalue weighted by Gasteiger charge is 2.26. The van der Waals surface area contributed by atoms with Crippen molar-refractivity contribution in [3.63, 3.8) is 0 Å². The van der Waals surface area contributed by atoms with Gasteiger partial charge in [0.25, 0.3) is 0 Å². The van der Waals surface area contributed by atoms with Crippen LogP contribution in [0.1, 0.15) is 12.6 Å². The van der Waals surface area contributed by atoms with Crippen molar-refractivity contribution in [2.45, 2.75) is 25.5 Å². The fourth-order valence-electron chi connectivity index (χ4n) is 3.07. The van der Waals surface area contributed by atoms with Crippen molar-refractivity contribution in [3.8, 4) is 0 Å². The van der Waals surface area contributed by atoms with Gasteiger partial charge in [-0.25, -0.2) is 0 Å². The van der Waals surface area contributed by atoms with Gasteiger partial charge in [-0.1, -0.05) is 25.1 Å². The molecule has 2 atom stereocenters. The number of aryl methyl sites for hydroxylation is 1. The summed E-state index contributed by atoms with van der Waals surface area (Å²) in [5.41, 5.74) is 8.62. The number of rotatable bonds is 4. The molecule has 0 bridgehead atoms. The van der Waals surface area contributed by atoms with E-state index in [2.05, 4.69) is 35.1 Å². The topological polar surface area (TPSA) is 56.3 Å². The van der Waals surface area contributed by atoms with Crippen LogP contribution in [0.5, 0.6) is 0 Å². The number of hydrogen-bond acceptors (Lipinski definition) is 4. The molecule has 0 saturated carbocycles. The molecule has 2 aromatic rings. The molecule has 1 fully saturated rings. The van der Waals surface area contributed by atoms with E-state index in [1.165, 1.54) is 5.39 Å². The highest BCUT2D eigenvalue weighted by atomic mass is 16.5. The summed E-state index contributed by atoms with van der Waals surface area (Å²) in [5.74, 6) is 0. The van der Waals surface area contributed by atoms with Crippen molar-refractivity contribution in [3.05, 3.63) is 30.0 Å². The van der Waals surface area contributed by atoms with Crippen molar-refractivity contribution in [1.29, 1.82) is 0 Å². The maximum absolute atomic E-state index is 6.40. The Morgan fingerprint density at radius 2 is 2.24 bits per heavy atom. The van der Waals surface area contributed by atoms with E-state index in [0.29, 0.717) is 0 Å². The minimum Gasteiger partial charge on any atom is -0.374 e. The Bertz CT molecular complexity index is 609. The van der Waals surface area contributed by atoms with Crippen LogP contribution in [0, 0.1) is 0 Å². The molecule has 21 heavy (non-hydrogen) atoms. The Labute approximate surface area is 125 Å². The number of aromatic nitrogens is 2. The zero-order chi connectivity index (χ0) is 14.8. The van der Waals surface area contributed by atoms with E-state index in [0.717, 1.165) is 43.9 Å². The maximum atomic E-state index is 6.40. The Hall–Kier alpha value is -1.43. The lowest BCUT2D eigenvalue weighted by molar-refractivity contribution is -0.0386. The lowest BCUT2D eigenvalue weighted by atomic mass is 10.0. The third kappa shape index (κ3) is 2.95. The Balaban J connectivity index is 1.75. The molecule has 1 aliphatic heterocycles. The van der Waals surface area contributed by atoms with E-state index in [4.69, 9.17) is 10.5 Å². The first-order chi connectivity index (χ1) is 10.2. The molecular weight excluding hydrogens is 264 g/mol. The van der Waals surface area contributed by atoms with Gasteiger partial charge in [0.15, 0.2) is 0 Å². The molecule has 0 radical (unpaired) electrons. The number of hydrogen-bond donors (Lipinski definition) is 1. The largest absolute Gasteiger partial charge is 0.374 e. The van der Waals surface area contributed by atoms with Crippen LogP contribution in [0.25, 0.3) is 10.9 Å². The summed E-state index contributed by atoms with van der Waals surface area (Å²) in [6, 6.07) is 8.28. The van der Waals surface area contributed by atoms with Crippen LogP contribution in [0.3, 0.4) is 0 Å². The summed E-state index contributed by atoms with van der Waals surface area (Å²) in [6.45, 7) is 5.93. The van der Waals surface area contributed by atoms with Gasteiger partial charge in [-0.3, -0.25) is 9.58 Å². The summed E-state index contributed by atoms with van der Waals surface area (Å²) in [4.78, 5) is 2.39. The molecule has 5 heteroatoms. The second-order valence-corrected chi connectivity index (χ2v) is 5.76. The first-order valence-electron chi connectivity index (χ1n) is 7.69. The van der Waals surface area contributed by atoms with E-state index >= 15 is 0 Å². The molecule has 3 rings (SSSR count). The Morgan fingerprint density at radius 3 is 3.05 bits per heavy atom. The standard InChI is InChI=1S/C16H24N4O/c1-3-20-8-9-21-16(11-20)13(17)10-14-12-6-4-5-7-15(12)19(2)18-14/h4-7,13,16H,3,8-11,17H2,1-2H3. The number of likely N-dealkylation sites (N-methyl/N-ethyl adjacent to an activating group) is 1. The molecule has 0 aliphatic carbocycles. The number of nitrogens with two attached hydrogens (primary N) is 1. The predicted molar refractivity (Wildman–Crippen MR) is 84.2 cm³/mol. The molecule has 0 spiro atoms. The van der Waals surface area contributed by atoms with Gasteiger partial charge in [0.1, 0.15) is 0 Å². The zero-order valence-corrected chi connectivity index (χ0v) is 12.8. The molecule has 1 saturated heterocycles. The highest BCUT2D eigenvalue weighted by Crippen LogP contribution is 2.20. The Morgan fingerprint density at radius 1 is 1.43 bits per heavy atom. The van der Waals surface area contributed by atoms with Crippen LogP contribution in [-0.2, 0) is 18.2 Å². The normalized spacial score (nSPS) is 21.8. The highest BCUT2D eigenvalue weighted by molar-refractivity contribution is 5.81. The molecule has 2 unspecified atom stereocenters. The second-order valence-electron chi connectivity index (χ2n) is 5.76. The van der Waals surface area contributed by atoms with Gasteiger partial charge in [0, 0.05) is 38.0 Å². The predicted octanol–water partition coefficient (Wildman–Crippen LogP) is 1.16. The van der Waals surface area contributed by atoms with Crippen LogP contribution < -0.4 is 5.73 Å². The van der Waals surface area contributed by atoms with Crippen molar-refractivity contribution < 1.29 is 4.74 Å². The maximum Gasteiger partial charge on any atom is 0.0857 e. The SMILES string of the molecule is CCN1CCOC(C(N)Cc2nn(C)c3ccccc23)C1. The van der Waals surface area contributed by atoms with Gasteiger partial charge in [0.05, 0.1) is 23.9 Å². The zero-order valence-electron chi connectivity index (χ0n) is 12.8.